The van der Waals surface area contributed by atoms with E-state index in [1.807, 2.05) is 0 Å². The van der Waals surface area contributed by atoms with E-state index in [-0.39, 0.29) is 43.2 Å². The number of ether oxygens (including phenoxy) is 1. The Labute approximate surface area is 170 Å². The second kappa shape index (κ2) is 10.3. The summed E-state index contributed by atoms with van der Waals surface area (Å²) >= 11 is 0. The Morgan fingerprint density at radius 1 is 1.17 bits per heavy atom. The number of nitrogens with zero attached hydrogens (tertiary/aromatic N) is 2. The normalized spacial score (nSPS) is 26.4. The summed E-state index contributed by atoms with van der Waals surface area (Å²) in [5, 5.41) is 2.60. The van der Waals surface area contributed by atoms with Crippen LogP contribution in [-0.4, -0.2) is 83.6 Å². The maximum atomic E-state index is 13.3. The van der Waals surface area contributed by atoms with Gasteiger partial charge in [0.15, 0.2) is 0 Å². The predicted octanol–water partition coefficient (Wildman–Crippen LogP) is -1.05. The van der Waals surface area contributed by atoms with Crippen molar-refractivity contribution < 1.29 is 28.7 Å². The van der Waals surface area contributed by atoms with Crippen molar-refractivity contribution in [3.05, 3.63) is 0 Å². The van der Waals surface area contributed by atoms with Crippen LogP contribution in [0, 0.1) is 0 Å². The number of amides is 3. The van der Waals surface area contributed by atoms with E-state index in [4.69, 9.17) is 10.5 Å². The van der Waals surface area contributed by atoms with Crippen LogP contribution in [0.4, 0.5) is 0 Å². The van der Waals surface area contributed by atoms with Crippen LogP contribution in [0.5, 0.6) is 0 Å². The van der Waals surface area contributed by atoms with E-state index in [1.165, 1.54) is 9.80 Å². The van der Waals surface area contributed by atoms with Gasteiger partial charge in [-0.15, -0.1) is 0 Å². The Bertz CT molecular complexity index is 642. The molecule has 3 amide bonds. The van der Waals surface area contributed by atoms with Gasteiger partial charge in [0.25, 0.3) is 6.47 Å². The highest BCUT2D eigenvalue weighted by molar-refractivity contribution is 5.93. The number of nitrogens with two attached hydrogens (primary N) is 1. The number of rotatable bonds is 8. The number of hydrogen-bond donors (Lipinski definition) is 2. The summed E-state index contributed by atoms with van der Waals surface area (Å²) in [7, 11) is 0. The number of aldehydes is 1. The average Bonchev–Trinajstić information content (AvgIpc) is 3.09. The minimum absolute atomic E-state index is 0.0456. The minimum Gasteiger partial charge on any atom is -0.464 e. The second-order valence-electron chi connectivity index (χ2n) is 7.78. The number of nitrogens with one attached hydrogen (secondary N) is 1. The first-order valence-electron chi connectivity index (χ1n) is 9.98. The lowest BCUT2D eigenvalue weighted by atomic mass is 9.99. The van der Waals surface area contributed by atoms with E-state index in [1.54, 1.807) is 13.8 Å². The Morgan fingerprint density at radius 3 is 2.55 bits per heavy atom. The zero-order valence-corrected chi connectivity index (χ0v) is 16.9. The lowest BCUT2D eigenvalue weighted by Crippen LogP contribution is -2.57. The molecule has 0 bridgehead atoms. The fourth-order valence-electron chi connectivity index (χ4n) is 3.90. The van der Waals surface area contributed by atoms with Gasteiger partial charge in [-0.05, 0) is 39.5 Å². The van der Waals surface area contributed by atoms with E-state index in [2.05, 4.69) is 5.32 Å². The molecule has 2 saturated heterocycles. The van der Waals surface area contributed by atoms with E-state index in [9.17, 15) is 24.0 Å². The zero-order valence-electron chi connectivity index (χ0n) is 16.9. The van der Waals surface area contributed by atoms with E-state index < -0.39 is 24.2 Å². The Kier molecular flexibility index (Phi) is 8.12. The largest absolute Gasteiger partial charge is 0.464 e. The summed E-state index contributed by atoms with van der Waals surface area (Å²) in [6, 6.07) is -2.41. The van der Waals surface area contributed by atoms with Gasteiger partial charge in [0.05, 0.1) is 12.5 Å². The molecule has 0 aliphatic carbocycles. The molecular weight excluding hydrogens is 380 g/mol. The molecular formula is C19H30N4O6. The molecule has 2 aliphatic rings. The van der Waals surface area contributed by atoms with Gasteiger partial charge in [0, 0.05) is 19.1 Å². The lowest BCUT2D eigenvalue weighted by Gasteiger charge is -2.38. The maximum absolute atomic E-state index is 13.3. The van der Waals surface area contributed by atoms with Crippen molar-refractivity contribution in [1.82, 2.24) is 15.1 Å². The van der Waals surface area contributed by atoms with Gasteiger partial charge in [-0.1, -0.05) is 0 Å². The molecule has 29 heavy (non-hydrogen) atoms. The third-order valence-electron chi connectivity index (χ3n) is 5.35. The number of carbonyl (C=O) groups is 5. The summed E-state index contributed by atoms with van der Waals surface area (Å²) in [5.74, 6) is -1.00. The Morgan fingerprint density at radius 2 is 1.90 bits per heavy atom. The third-order valence-corrected chi connectivity index (χ3v) is 5.35. The smallest absolute Gasteiger partial charge is 0.293 e. The van der Waals surface area contributed by atoms with E-state index >= 15 is 0 Å². The highest BCUT2D eigenvalue weighted by Gasteiger charge is 2.43. The first-order chi connectivity index (χ1) is 13.8. The molecule has 0 saturated carbocycles. The molecule has 0 aromatic carbocycles. The van der Waals surface area contributed by atoms with Crippen LogP contribution < -0.4 is 11.1 Å². The molecule has 3 N–H and O–H groups in total. The molecule has 0 aromatic rings. The Balaban J connectivity index is 2.13. The first kappa shape index (κ1) is 22.8. The van der Waals surface area contributed by atoms with E-state index in [0.29, 0.717) is 25.7 Å². The molecule has 162 valence electrons. The number of carbonyl (C=O) groups excluding carboxylic acids is 5. The third kappa shape index (κ3) is 5.75. The van der Waals surface area contributed by atoms with Crippen molar-refractivity contribution in [2.75, 3.05) is 13.1 Å². The van der Waals surface area contributed by atoms with Crippen LogP contribution in [0.1, 0.15) is 46.0 Å². The molecule has 2 fully saturated rings. The molecule has 5 atom stereocenters. The molecule has 0 radical (unpaired) electrons. The average molecular weight is 410 g/mol. The van der Waals surface area contributed by atoms with Gasteiger partial charge >= 0.3 is 0 Å². The molecule has 10 nitrogen and oxygen atoms in total. The quantitative estimate of drug-likeness (QED) is 0.487. The van der Waals surface area contributed by atoms with Crippen molar-refractivity contribution in [1.29, 1.82) is 0 Å². The number of likely N-dealkylation sites (tertiary alicyclic amines) is 2. The van der Waals surface area contributed by atoms with Crippen LogP contribution >= 0.6 is 0 Å². The second-order valence-corrected chi connectivity index (χ2v) is 7.78. The summed E-state index contributed by atoms with van der Waals surface area (Å²) in [6.45, 7) is 4.09. The molecule has 2 heterocycles. The molecule has 0 aromatic heterocycles. The molecule has 2 aliphatic heterocycles. The van der Waals surface area contributed by atoms with Gasteiger partial charge in [-0.25, -0.2) is 0 Å². The topological polar surface area (TPSA) is 139 Å². The molecule has 5 unspecified atom stereocenters. The Hall–Kier alpha value is -2.49. The van der Waals surface area contributed by atoms with Crippen LogP contribution in [-0.2, 0) is 28.7 Å². The molecule has 2 rings (SSSR count). The van der Waals surface area contributed by atoms with Crippen molar-refractivity contribution in [3.63, 3.8) is 0 Å². The standard InChI is InChI=1S/C19H30N4O6/c1-12(10-24)21-18(27)15-5-3-4-6-22(15)19(28)16-8-14(20)9-23(16)17(26)7-13(2)29-11-25/h10-16H,3-9,20H2,1-2H3,(H,21,27). The van der Waals surface area contributed by atoms with Gasteiger partial charge in [0.2, 0.25) is 17.7 Å². The summed E-state index contributed by atoms with van der Waals surface area (Å²) in [6.07, 6.45) is 2.34. The molecule has 10 heteroatoms. The fraction of sp³-hybridized carbons (Fsp3) is 0.737. The number of hydrogen-bond acceptors (Lipinski definition) is 7. The van der Waals surface area contributed by atoms with Crippen molar-refractivity contribution in [3.8, 4) is 0 Å². The van der Waals surface area contributed by atoms with Gasteiger partial charge in [0.1, 0.15) is 24.5 Å². The molecule has 0 spiro atoms. The predicted molar refractivity (Wildman–Crippen MR) is 102 cm³/mol. The maximum Gasteiger partial charge on any atom is 0.293 e. The van der Waals surface area contributed by atoms with Crippen LogP contribution in [0.15, 0.2) is 0 Å². The summed E-state index contributed by atoms with van der Waals surface area (Å²) in [4.78, 5) is 62.8. The van der Waals surface area contributed by atoms with Crippen LogP contribution in [0.25, 0.3) is 0 Å². The number of piperidine rings is 1. The lowest BCUT2D eigenvalue weighted by molar-refractivity contribution is -0.150. The van der Waals surface area contributed by atoms with Crippen molar-refractivity contribution in [2.45, 2.75) is 76.2 Å². The van der Waals surface area contributed by atoms with Crippen LogP contribution in [0.2, 0.25) is 0 Å². The summed E-state index contributed by atoms with van der Waals surface area (Å²) in [5.41, 5.74) is 6.02. The minimum atomic E-state index is -0.752. The first-order valence-corrected chi connectivity index (χ1v) is 9.98. The SMILES string of the molecule is CC(C=O)NC(=O)C1CCCCN1C(=O)C1CC(N)CN1C(=O)CC(C)OC=O. The van der Waals surface area contributed by atoms with Gasteiger partial charge in [-0.2, -0.15) is 0 Å². The highest BCUT2D eigenvalue weighted by Crippen LogP contribution is 2.25. The van der Waals surface area contributed by atoms with Gasteiger partial charge in [-0.3, -0.25) is 19.2 Å². The van der Waals surface area contributed by atoms with Crippen LogP contribution in [0.3, 0.4) is 0 Å². The van der Waals surface area contributed by atoms with E-state index in [0.717, 1.165) is 12.8 Å². The monoisotopic (exact) mass is 410 g/mol. The fourth-order valence-corrected chi connectivity index (χ4v) is 3.90. The highest BCUT2D eigenvalue weighted by atomic mass is 16.5. The van der Waals surface area contributed by atoms with Gasteiger partial charge < -0.3 is 30.4 Å². The zero-order chi connectivity index (χ0) is 21.6. The summed E-state index contributed by atoms with van der Waals surface area (Å²) < 4.78 is 4.77. The van der Waals surface area contributed by atoms with Crippen molar-refractivity contribution >= 4 is 30.5 Å². The van der Waals surface area contributed by atoms with Crippen molar-refractivity contribution in [2.24, 2.45) is 5.73 Å².